The molecule has 2 aliphatic heterocycles. The Bertz CT molecular complexity index is 856. The SMILES string of the molecule is C[C@]12CC[C@H]3[C@@H](CCC(=O)N4[C@@H](CO)CC[C@]34C)[C@@H]1CC[C@@H]2OC(=O)c1ccccc1. The molecule has 5 nitrogen and oxygen atoms in total. The number of fused-ring (bicyclic) bond motifs is 5. The fourth-order valence-electron chi connectivity index (χ4n) is 7.94. The van der Waals surface area contributed by atoms with Crippen molar-refractivity contribution in [2.75, 3.05) is 6.61 Å². The number of benzene rings is 1. The number of carbonyl (C=O) groups is 2. The first kappa shape index (κ1) is 21.0. The molecule has 0 aromatic heterocycles. The number of rotatable bonds is 3. The van der Waals surface area contributed by atoms with Gasteiger partial charge < -0.3 is 14.7 Å². The molecule has 0 unspecified atom stereocenters. The second-order valence-electron chi connectivity index (χ2n) is 10.8. The largest absolute Gasteiger partial charge is 0.458 e. The van der Waals surface area contributed by atoms with Gasteiger partial charge in [0.15, 0.2) is 0 Å². The van der Waals surface area contributed by atoms with Gasteiger partial charge in [-0.2, -0.15) is 0 Å². The predicted octanol–water partition coefficient (Wildman–Crippen LogP) is 4.19. The standard InChI is InChI=1S/C26H35NO4/c1-25-14-13-21-19(8-11-23(29)27-18(16-28)12-15-26(21,27)2)20(25)9-10-22(25)31-24(30)17-6-4-3-5-7-17/h3-7,18-22,28H,8-16H2,1-2H3/t18-,19+,20+,21+,22+,25+,26-/m1/s1. The van der Waals surface area contributed by atoms with E-state index in [-0.39, 0.29) is 41.6 Å². The molecule has 5 heteroatoms. The van der Waals surface area contributed by atoms with Gasteiger partial charge in [0.2, 0.25) is 5.91 Å². The molecule has 2 aliphatic carbocycles. The molecule has 0 radical (unpaired) electrons. The van der Waals surface area contributed by atoms with Crippen molar-refractivity contribution in [2.45, 2.75) is 82.9 Å². The highest BCUT2D eigenvalue weighted by Gasteiger charge is 2.62. The summed E-state index contributed by atoms with van der Waals surface area (Å²) in [5, 5.41) is 9.89. The van der Waals surface area contributed by atoms with Crippen LogP contribution in [0.5, 0.6) is 0 Å². The third kappa shape index (κ3) is 3.14. The number of hydrogen-bond acceptors (Lipinski definition) is 4. The second kappa shape index (κ2) is 7.61. The van der Waals surface area contributed by atoms with E-state index in [1.165, 1.54) is 0 Å². The van der Waals surface area contributed by atoms with E-state index in [0.29, 0.717) is 29.7 Å². The van der Waals surface area contributed by atoms with Crippen LogP contribution in [0.2, 0.25) is 0 Å². The Hall–Kier alpha value is -1.88. The third-order valence-electron chi connectivity index (χ3n) is 9.48. The Labute approximate surface area is 185 Å². The summed E-state index contributed by atoms with van der Waals surface area (Å²) in [6.45, 7) is 4.66. The van der Waals surface area contributed by atoms with Crippen molar-refractivity contribution >= 4 is 11.9 Å². The highest BCUT2D eigenvalue weighted by Crippen LogP contribution is 2.62. The molecule has 1 N–H and O–H groups in total. The van der Waals surface area contributed by atoms with Gasteiger partial charge in [-0.3, -0.25) is 4.79 Å². The van der Waals surface area contributed by atoms with Crippen molar-refractivity contribution in [3.63, 3.8) is 0 Å². The average molecular weight is 426 g/mol. The van der Waals surface area contributed by atoms with Gasteiger partial charge in [0.25, 0.3) is 0 Å². The molecule has 168 valence electrons. The van der Waals surface area contributed by atoms with E-state index >= 15 is 0 Å². The zero-order valence-electron chi connectivity index (χ0n) is 18.8. The van der Waals surface area contributed by atoms with Crippen LogP contribution in [0.15, 0.2) is 30.3 Å². The zero-order chi connectivity index (χ0) is 21.8. The molecule has 5 rings (SSSR count). The molecule has 1 aromatic carbocycles. The lowest BCUT2D eigenvalue weighted by atomic mass is 9.55. The van der Waals surface area contributed by atoms with Crippen molar-refractivity contribution in [3.8, 4) is 0 Å². The highest BCUT2D eigenvalue weighted by atomic mass is 16.5. The van der Waals surface area contributed by atoms with Crippen molar-refractivity contribution < 1.29 is 19.4 Å². The van der Waals surface area contributed by atoms with Gasteiger partial charge in [0, 0.05) is 17.4 Å². The molecule has 2 heterocycles. The maximum atomic E-state index is 13.1. The predicted molar refractivity (Wildman–Crippen MR) is 117 cm³/mol. The van der Waals surface area contributed by atoms with Crippen LogP contribution < -0.4 is 0 Å². The van der Waals surface area contributed by atoms with E-state index in [0.717, 1.165) is 44.9 Å². The second-order valence-corrected chi connectivity index (χ2v) is 10.8. The summed E-state index contributed by atoms with van der Waals surface area (Å²) in [5.41, 5.74) is 0.452. The molecular formula is C26H35NO4. The van der Waals surface area contributed by atoms with Crippen molar-refractivity contribution in [1.29, 1.82) is 0 Å². The lowest BCUT2D eigenvalue weighted by Crippen LogP contribution is -2.56. The van der Waals surface area contributed by atoms with Crippen LogP contribution in [0.25, 0.3) is 0 Å². The lowest BCUT2D eigenvalue weighted by molar-refractivity contribution is -0.140. The average Bonchev–Trinajstić information content (AvgIpc) is 3.26. The number of aliphatic hydroxyl groups excluding tert-OH is 1. The number of ether oxygens (including phenoxy) is 1. The molecule has 0 bridgehead atoms. The molecule has 1 amide bonds. The fourth-order valence-corrected chi connectivity index (χ4v) is 7.94. The fraction of sp³-hybridized carbons (Fsp3) is 0.692. The Kier molecular flexibility index (Phi) is 5.16. The molecule has 7 atom stereocenters. The van der Waals surface area contributed by atoms with E-state index in [1.54, 1.807) is 0 Å². The van der Waals surface area contributed by atoms with E-state index in [2.05, 4.69) is 18.7 Å². The smallest absolute Gasteiger partial charge is 0.338 e. The molecule has 0 spiro atoms. The normalized spacial score (nSPS) is 41.8. The lowest BCUT2D eigenvalue weighted by Gasteiger charge is -2.53. The van der Waals surface area contributed by atoms with Crippen LogP contribution in [-0.2, 0) is 9.53 Å². The Morgan fingerprint density at radius 2 is 1.84 bits per heavy atom. The number of aliphatic hydroxyl groups is 1. The number of amides is 1. The van der Waals surface area contributed by atoms with Crippen molar-refractivity contribution in [2.24, 2.45) is 23.2 Å². The summed E-state index contributed by atoms with van der Waals surface area (Å²) in [7, 11) is 0. The quantitative estimate of drug-likeness (QED) is 0.738. The third-order valence-corrected chi connectivity index (χ3v) is 9.48. The van der Waals surface area contributed by atoms with Crippen LogP contribution in [0, 0.1) is 23.2 Å². The minimum absolute atomic E-state index is 0.0187. The van der Waals surface area contributed by atoms with Crippen LogP contribution in [-0.4, -0.2) is 46.2 Å². The Morgan fingerprint density at radius 1 is 1.06 bits per heavy atom. The first-order valence-electron chi connectivity index (χ1n) is 12.1. The monoisotopic (exact) mass is 425 g/mol. The van der Waals surface area contributed by atoms with Gasteiger partial charge in [-0.1, -0.05) is 25.1 Å². The first-order chi connectivity index (χ1) is 14.9. The minimum Gasteiger partial charge on any atom is -0.458 e. The van der Waals surface area contributed by atoms with E-state index in [9.17, 15) is 14.7 Å². The number of nitrogens with zero attached hydrogens (tertiary/aromatic N) is 1. The van der Waals surface area contributed by atoms with E-state index in [1.807, 2.05) is 30.3 Å². The molecule has 2 saturated heterocycles. The van der Waals surface area contributed by atoms with Crippen LogP contribution in [0.4, 0.5) is 0 Å². The molecular weight excluding hydrogens is 390 g/mol. The maximum absolute atomic E-state index is 13.1. The first-order valence-corrected chi connectivity index (χ1v) is 12.1. The highest BCUT2D eigenvalue weighted by molar-refractivity contribution is 5.89. The van der Waals surface area contributed by atoms with E-state index in [4.69, 9.17) is 4.74 Å². The summed E-state index contributed by atoms with van der Waals surface area (Å²) >= 11 is 0. The van der Waals surface area contributed by atoms with Gasteiger partial charge >= 0.3 is 5.97 Å². The molecule has 4 fully saturated rings. The number of esters is 1. The van der Waals surface area contributed by atoms with Crippen LogP contribution in [0.3, 0.4) is 0 Å². The molecule has 2 saturated carbocycles. The summed E-state index contributed by atoms with van der Waals surface area (Å²) in [5.74, 6) is 1.44. The molecule has 4 aliphatic rings. The maximum Gasteiger partial charge on any atom is 0.338 e. The van der Waals surface area contributed by atoms with Crippen molar-refractivity contribution in [3.05, 3.63) is 35.9 Å². The van der Waals surface area contributed by atoms with Gasteiger partial charge in [-0.15, -0.1) is 0 Å². The Balaban J connectivity index is 1.39. The number of hydrogen-bond donors (Lipinski definition) is 1. The van der Waals surface area contributed by atoms with Gasteiger partial charge in [-0.25, -0.2) is 4.79 Å². The van der Waals surface area contributed by atoms with Crippen molar-refractivity contribution in [1.82, 2.24) is 4.90 Å². The van der Waals surface area contributed by atoms with Crippen LogP contribution in [0.1, 0.15) is 75.6 Å². The van der Waals surface area contributed by atoms with Gasteiger partial charge in [0.05, 0.1) is 18.2 Å². The summed E-state index contributed by atoms with van der Waals surface area (Å²) < 4.78 is 6.10. The Morgan fingerprint density at radius 3 is 2.58 bits per heavy atom. The van der Waals surface area contributed by atoms with Gasteiger partial charge in [-0.05, 0) is 81.8 Å². The van der Waals surface area contributed by atoms with Gasteiger partial charge in [0.1, 0.15) is 6.10 Å². The number of carbonyl (C=O) groups excluding carboxylic acids is 2. The zero-order valence-corrected chi connectivity index (χ0v) is 18.8. The molecule has 31 heavy (non-hydrogen) atoms. The summed E-state index contributed by atoms with van der Waals surface area (Å²) in [4.78, 5) is 27.9. The minimum atomic E-state index is -0.217. The summed E-state index contributed by atoms with van der Waals surface area (Å²) in [6.07, 6.45) is 7.42. The topological polar surface area (TPSA) is 66.8 Å². The van der Waals surface area contributed by atoms with E-state index < -0.39 is 0 Å². The van der Waals surface area contributed by atoms with Crippen LogP contribution >= 0.6 is 0 Å². The molecule has 1 aromatic rings. The summed E-state index contributed by atoms with van der Waals surface area (Å²) in [6, 6.07) is 9.27.